The Bertz CT molecular complexity index is 84.6. The highest BCUT2D eigenvalue weighted by Gasteiger charge is 2.25. The molecule has 0 amide bonds. The van der Waals surface area contributed by atoms with Crippen LogP contribution in [-0.2, 0) is 4.74 Å². The molecule has 1 unspecified atom stereocenters. The Kier molecular flexibility index (Phi) is 2.12. The third-order valence-corrected chi connectivity index (χ3v) is 1.87. The summed E-state index contributed by atoms with van der Waals surface area (Å²) in [5, 5.41) is 0. The highest BCUT2D eigenvalue weighted by Crippen LogP contribution is 2.26. The quantitative estimate of drug-likeness (QED) is 0.566. The van der Waals surface area contributed by atoms with Crippen molar-refractivity contribution >= 4 is 0 Å². The van der Waals surface area contributed by atoms with Gasteiger partial charge in [0.1, 0.15) is 0 Å². The van der Waals surface area contributed by atoms with E-state index in [1.165, 1.54) is 12.8 Å². The lowest BCUT2D eigenvalue weighted by Gasteiger charge is -2.15. The summed E-state index contributed by atoms with van der Waals surface area (Å²) in [4.78, 5) is 0. The zero-order chi connectivity index (χ0) is 6.85. The van der Waals surface area contributed by atoms with Crippen LogP contribution in [0.15, 0.2) is 0 Å². The lowest BCUT2D eigenvalue weighted by Crippen LogP contribution is -2.16. The van der Waals surface area contributed by atoms with Crippen molar-refractivity contribution < 1.29 is 4.74 Å². The van der Waals surface area contributed by atoms with Gasteiger partial charge in [0.2, 0.25) is 0 Å². The van der Waals surface area contributed by atoms with Gasteiger partial charge in [-0.25, -0.2) is 0 Å². The lowest BCUT2D eigenvalue weighted by atomic mass is 10.1. The second-order valence-corrected chi connectivity index (χ2v) is 3.28. The van der Waals surface area contributed by atoms with Crippen molar-refractivity contribution in [3.8, 4) is 0 Å². The maximum Gasteiger partial charge on any atom is 0.0580 e. The lowest BCUT2D eigenvalue weighted by molar-refractivity contribution is 0.0231. The minimum absolute atomic E-state index is 0.456. The molecule has 1 heteroatoms. The van der Waals surface area contributed by atoms with E-state index < -0.39 is 0 Å². The molecule has 0 bridgehead atoms. The van der Waals surface area contributed by atoms with Gasteiger partial charge in [0.25, 0.3) is 0 Å². The SMILES string of the molecule is CC(C)C(C)OC1CC1. The van der Waals surface area contributed by atoms with Gasteiger partial charge in [-0.15, -0.1) is 0 Å². The highest BCUT2D eigenvalue weighted by atomic mass is 16.5. The minimum atomic E-state index is 0.456. The van der Waals surface area contributed by atoms with Crippen molar-refractivity contribution in [2.75, 3.05) is 0 Å². The fraction of sp³-hybridized carbons (Fsp3) is 1.00. The topological polar surface area (TPSA) is 9.23 Å². The van der Waals surface area contributed by atoms with E-state index in [-0.39, 0.29) is 0 Å². The predicted molar refractivity (Wildman–Crippen MR) is 38.4 cm³/mol. The van der Waals surface area contributed by atoms with E-state index in [9.17, 15) is 0 Å². The van der Waals surface area contributed by atoms with Crippen LogP contribution in [0.4, 0.5) is 0 Å². The molecule has 0 radical (unpaired) electrons. The zero-order valence-corrected chi connectivity index (χ0v) is 6.55. The van der Waals surface area contributed by atoms with Crippen LogP contribution in [0.3, 0.4) is 0 Å². The fourth-order valence-corrected chi connectivity index (χ4v) is 0.665. The van der Waals surface area contributed by atoms with Crippen molar-refractivity contribution in [3.05, 3.63) is 0 Å². The smallest absolute Gasteiger partial charge is 0.0580 e. The average Bonchev–Trinajstić information content (AvgIpc) is 2.50. The maximum absolute atomic E-state index is 5.62. The van der Waals surface area contributed by atoms with Gasteiger partial charge in [0, 0.05) is 0 Å². The van der Waals surface area contributed by atoms with Gasteiger partial charge < -0.3 is 4.74 Å². The van der Waals surface area contributed by atoms with Crippen molar-refractivity contribution in [1.29, 1.82) is 0 Å². The van der Waals surface area contributed by atoms with Gasteiger partial charge in [-0.1, -0.05) is 13.8 Å². The van der Waals surface area contributed by atoms with Crippen molar-refractivity contribution in [3.63, 3.8) is 0 Å². The summed E-state index contributed by atoms with van der Waals surface area (Å²) >= 11 is 0. The molecule has 1 aliphatic rings. The van der Waals surface area contributed by atoms with E-state index in [4.69, 9.17) is 4.74 Å². The molecule has 1 atom stereocenters. The summed E-state index contributed by atoms with van der Waals surface area (Å²) in [5.74, 6) is 0.672. The molecule has 1 fully saturated rings. The summed E-state index contributed by atoms with van der Waals surface area (Å²) in [5.41, 5.74) is 0. The van der Waals surface area contributed by atoms with Crippen LogP contribution in [0, 0.1) is 5.92 Å². The highest BCUT2D eigenvalue weighted by molar-refractivity contribution is 4.75. The fourth-order valence-electron chi connectivity index (χ4n) is 0.665. The Labute approximate surface area is 57.4 Å². The third-order valence-electron chi connectivity index (χ3n) is 1.87. The van der Waals surface area contributed by atoms with E-state index in [2.05, 4.69) is 20.8 Å². The number of ether oxygens (including phenoxy) is 1. The van der Waals surface area contributed by atoms with Crippen LogP contribution in [0.2, 0.25) is 0 Å². The molecule has 0 heterocycles. The standard InChI is InChI=1S/C8H16O/c1-6(2)7(3)9-8-4-5-8/h6-8H,4-5H2,1-3H3. The molecule has 1 aliphatic carbocycles. The molecule has 1 rings (SSSR count). The monoisotopic (exact) mass is 128 g/mol. The molecule has 0 saturated heterocycles. The van der Waals surface area contributed by atoms with Gasteiger partial charge in [-0.05, 0) is 25.7 Å². The molecule has 1 saturated carbocycles. The van der Waals surface area contributed by atoms with E-state index in [0.717, 1.165) is 0 Å². The third kappa shape index (κ3) is 2.35. The second-order valence-electron chi connectivity index (χ2n) is 3.28. The molecule has 0 aromatic rings. The maximum atomic E-state index is 5.62. The van der Waals surface area contributed by atoms with Gasteiger partial charge >= 0.3 is 0 Å². The Morgan fingerprint density at radius 1 is 1.22 bits per heavy atom. The van der Waals surface area contributed by atoms with E-state index >= 15 is 0 Å². The Hall–Kier alpha value is -0.0400. The first-order valence-corrected chi connectivity index (χ1v) is 3.85. The van der Waals surface area contributed by atoms with E-state index in [1.807, 2.05) is 0 Å². The zero-order valence-electron chi connectivity index (χ0n) is 6.55. The molecule has 0 aliphatic heterocycles. The van der Waals surface area contributed by atoms with Crippen LogP contribution < -0.4 is 0 Å². The molecule has 0 aromatic heterocycles. The van der Waals surface area contributed by atoms with Crippen molar-refractivity contribution in [1.82, 2.24) is 0 Å². The number of hydrogen-bond donors (Lipinski definition) is 0. The summed E-state index contributed by atoms with van der Waals surface area (Å²) < 4.78 is 5.62. The first-order chi connectivity index (χ1) is 4.20. The molecule has 54 valence electrons. The van der Waals surface area contributed by atoms with E-state index in [1.54, 1.807) is 0 Å². The molecule has 0 N–H and O–H groups in total. The predicted octanol–water partition coefficient (Wildman–Crippen LogP) is 2.21. The van der Waals surface area contributed by atoms with Crippen molar-refractivity contribution in [2.45, 2.75) is 45.8 Å². The minimum Gasteiger partial charge on any atom is -0.375 e. The first kappa shape index (κ1) is 7.07. The van der Waals surface area contributed by atoms with Crippen LogP contribution in [-0.4, -0.2) is 12.2 Å². The first-order valence-electron chi connectivity index (χ1n) is 3.85. The van der Waals surface area contributed by atoms with Gasteiger partial charge in [0.15, 0.2) is 0 Å². The summed E-state index contributed by atoms with van der Waals surface area (Å²) in [6, 6.07) is 0. The van der Waals surface area contributed by atoms with Crippen LogP contribution in [0.25, 0.3) is 0 Å². The Morgan fingerprint density at radius 3 is 2.11 bits per heavy atom. The van der Waals surface area contributed by atoms with Crippen LogP contribution in [0.1, 0.15) is 33.6 Å². The Morgan fingerprint density at radius 2 is 1.78 bits per heavy atom. The van der Waals surface area contributed by atoms with Crippen LogP contribution in [0.5, 0.6) is 0 Å². The molecular formula is C8H16O. The summed E-state index contributed by atoms with van der Waals surface area (Å²) in [6.45, 7) is 6.56. The van der Waals surface area contributed by atoms with Gasteiger partial charge in [0.05, 0.1) is 12.2 Å². The van der Waals surface area contributed by atoms with Crippen LogP contribution >= 0.6 is 0 Å². The molecule has 0 aromatic carbocycles. The Balaban J connectivity index is 2.09. The number of rotatable bonds is 3. The molecule has 9 heavy (non-hydrogen) atoms. The number of hydrogen-bond acceptors (Lipinski definition) is 1. The summed E-state index contributed by atoms with van der Waals surface area (Å²) in [6.07, 6.45) is 3.65. The van der Waals surface area contributed by atoms with Crippen molar-refractivity contribution in [2.24, 2.45) is 5.92 Å². The largest absolute Gasteiger partial charge is 0.375 e. The van der Waals surface area contributed by atoms with Gasteiger partial charge in [-0.3, -0.25) is 0 Å². The molecule has 0 spiro atoms. The van der Waals surface area contributed by atoms with Gasteiger partial charge in [-0.2, -0.15) is 0 Å². The molecule has 1 nitrogen and oxygen atoms in total. The normalized spacial score (nSPS) is 22.7. The average molecular weight is 128 g/mol. The summed E-state index contributed by atoms with van der Waals surface area (Å²) in [7, 11) is 0. The second kappa shape index (κ2) is 2.70. The molecular weight excluding hydrogens is 112 g/mol. The van der Waals surface area contributed by atoms with E-state index in [0.29, 0.717) is 18.1 Å².